The van der Waals surface area contributed by atoms with E-state index < -0.39 is 29.4 Å². The lowest BCUT2D eigenvalue weighted by Crippen LogP contribution is -2.57. The first-order chi connectivity index (χ1) is 16.1. The zero-order valence-corrected chi connectivity index (χ0v) is 20.0. The molecule has 0 unspecified atom stereocenters. The number of benzene rings is 1. The van der Waals surface area contributed by atoms with E-state index in [-0.39, 0.29) is 29.0 Å². The molecule has 5 rings (SSSR count). The van der Waals surface area contributed by atoms with Crippen LogP contribution in [0, 0.1) is 28.6 Å². The van der Waals surface area contributed by atoms with Gasteiger partial charge in [0.2, 0.25) is 5.78 Å². The fourth-order valence-electron chi connectivity index (χ4n) is 7.36. The molecule has 4 aliphatic rings. The molecule has 5 nitrogen and oxygen atoms in total. The van der Waals surface area contributed by atoms with Gasteiger partial charge in [0, 0.05) is 10.8 Å². The summed E-state index contributed by atoms with van der Waals surface area (Å²) < 4.78 is 5.33. The molecule has 0 saturated heterocycles. The molecule has 2 saturated carbocycles. The van der Waals surface area contributed by atoms with Gasteiger partial charge in [0.25, 0.3) is 0 Å². The first kappa shape index (κ1) is 23.0. The fourth-order valence-corrected chi connectivity index (χ4v) is 7.36. The summed E-state index contributed by atoms with van der Waals surface area (Å²) in [5.74, 6) is -0.788. The first-order valence-corrected chi connectivity index (χ1v) is 12.2. The summed E-state index contributed by atoms with van der Waals surface area (Å²) in [7, 11) is 0. The highest BCUT2D eigenvalue weighted by Crippen LogP contribution is 2.66. The molecule has 4 aliphatic carbocycles. The number of allylic oxidation sites excluding steroid dienone is 6. The molecule has 178 valence electrons. The molecular formula is C29H32O5. The zero-order chi connectivity index (χ0) is 24.3. The zero-order valence-electron chi connectivity index (χ0n) is 20.0. The van der Waals surface area contributed by atoms with Crippen molar-refractivity contribution < 1.29 is 24.2 Å². The number of rotatable bonds is 4. The number of fused-ring (bicyclic) bond motifs is 5. The minimum atomic E-state index is -1.56. The van der Waals surface area contributed by atoms with E-state index in [0.717, 1.165) is 24.8 Å². The number of carbonyl (C=O) groups excluding carboxylic acids is 3. The van der Waals surface area contributed by atoms with E-state index in [0.29, 0.717) is 12.0 Å². The van der Waals surface area contributed by atoms with Gasteiger partial charge in [-0.05, 0) is 74.6 Å². The van der Waals surface area contributed by atoms with E-state index >= 15 is 0 Å². The molecule has 34 heavy (non-hydrogen) atoms. The van der Waals surface area contributed by atoms with Crippen molar-refractivity contribution in [2.24, 2.45) is 28.6 Å². The Morgan fingerprint density at radius 3 is 2.65 bits per heavy atom. The summed E-state index contributed by atoms with van der Waals surface area (Å²) in [6, 6.07) is 8.58. The number of ether oxygens (including phenoxy) is 1. The molecule has 5 heteroatoms. The molecule has 1 N–H and O–H groups in total. The van der Waals surface area contributed by atoms with E-state index in [1.807, 2.05) is 26.0 Å². The van der Waals surface area contributed by atoms with E-state index in [1.54, 1.807) is 36.4 Å². The van der Waals surface area contributed by atoms with Crippen molar-refractivity contribution in [2.75, 3.05) is 6.61 Å². The molecule has 0 spiro atoms. The highest BCUT2D eigenvalue weighted by atomic mass is 16.5. The van der Waals surface area contributed by atoms with Gasteiger partial charge in [-0.15, -0.1) is 0 Å². The largest absolute Gasteiger partial charge is 0.454 e. The maximum atomic E-state index is 13.5. The van der Waals surface area contributed by atoms with Crippen molar-refractivity contribution >= 4 is 17.5 Å². The van der Waals surface area contributed by atoms with E-state index in [2.05, 4.69) is 13.0 Å². The minimum Gasteiger partial charge on any atom is -0.454 e. The van der Waals surface area contributed by atoms with Gasteiger partial charge in [0.05, 0.1) is 5.56 Å². The van der Waals surface area contributed by atoms with Crippen LogP contribution < -0.4 is 0 Å². The molecule has 0 aromatic heterocycles. The summed E-state index contributed by atoms with van der Waals surface area (Å²) in [6.45, 7) is 5.71. The first-order valence-electron chi connectivity index (χ1n) is 12.2. The molecule has 0 aliphatic heterocycles. The normalized spacial score (nSPS) is 38.2. The summed E-state index contributed by atoms with van der Waals surface area (Å²) >= 11 is 0. The monoisotopic (exact) mass is 460 g/mol. The van der Waals surface area contributed by atoms with Gasteiger partial charge in [-0.3, -0.25) is 9.59 Å². The average molecular weight is 461 g/mol. The van der Waals surface area contributed by atoms with Crippen molar-refractivity contribution in [3.63, 3.8) is 0 Å². The topological polar surface area (TPSA) is 80.7 Å². The predicted octanol–water partition coefficient (Wildman–Crippen LogP) is 4.62. The maximum absolute atomic E-state index is 13.5. The van der Waals surface area contributed by atoms with Gasteiger partial charge in [-0.2, -0.15) is 0 Å². The molecule has 0 heterocycles. The molecule has 1 aromatic rings. The van der Waals surface area contributed by atoms with Crippen LogP contribution in [0.2, 0.25) is 0 Å². The number of hydrogen-bond acceptors (Lipinski definition) is 5. The SMILES string of the molecule is C[C@H]1C[C@H]2[C@@H]3CCC4=CC(=O)C=C[C@]4(C)C3=CC[C@]2(C)[C@@]1(O)C(=O)COC(=O)c1ccccc1. The van der Waals surface area contributed by atoms with Gasteiger partial charge in [0.15, 0.2) is 12.4 Å². The quantitative estimate of drug-likeness (QED) is 0.524. The van der Waals surface area contributed by atoms with Crippen molar-refractivity contribution in [2.45, 2.75) is 52.1 Å². The van der Waals surface area contributed by atoms with Crippen molar-refractivity contribution in [1.29, 1.82) is 0 Å². The van der Waals surface area contributed by atoms with Crippen LogP contribution >= 0.6 is 0 Å². The van der Waals surface area contributed by atoms with E-state index in [4.69, 9.17) is 4.74 Å². The lowest BCUT2D eigenvalue weighted by atomic mass is 9.51. The number of esters is 1. The number of hydrogen-bond donors (Lipinski definition) is 1. The summed E-state index contributed by atoms with van der Waals surface area (Å²) in [6.07, 6.45) is 10.8. The highest BCUT2D eigenvalue weighted by molar-refractivity contribution is 6.01. The van der Waals surface area contributed by atoms with Gasteiger partial charge < -0.3 is 9.84 Å². The number of ketones is 2. The van der Waals surface area contributed by atoms with E-state index in [9.17, 15) is 19.5 Å². The molecular weight excluding hydrogens is 428 g/mol. The van der Waals surface area contributed by atoms with Gasteiger partial charge in [-0.1, -0.05) is 55.3 Å². The van der Waals surface area contributed by atoms with Gasteiger partial charge >= 0.3 is 5.97 Å². The fraction of sp³-hybridized carbons (Fsp3) is 0.483. The van der Waals surface area contributed by atoms with Crippen molar-refractivity contribution in [3.8, 4) is 0 Å². The molecule has 1 aromatic carbocycles. The summed E-state index contributed by atoms with van der Waals surface area (Å²) in [5.41, 5.74) is 0.396. The lowest BCUT2D eigenvalue weighted by molar-refractivity contribution is -0.161. The van der Waals surface area contributed by atoms with Crippen molar-refractivity contribution in [3.05, 3.63) is 71.3 Å². The Balaban J connectivity index is 1.41. The Kier molecular flexibility index (Phi) is 5.32. The molecule has 2 fully saturated rings. The Morgan fingerprint density at radius 1 is 1.18 bits per heavy atom. The minimum absolute atomic E-state index is 0.0479. The molecule has 6 atom stereocenters. The predicted molar refractivity (Wildman–Crippen MR) is 128 cm³/mol. The van der Waals surface area contributed by atoms with Crippen LogP contribution in [0.3, 0.4) is 0 Å². The Bertz CT molecular complexity index is 1140. The summed E-state index contributed by atoms with van der Waals surface area (Å²) in [4.78, 5) is 37.8. The molecule has 0 amide bonds. The van der Waals surface area contributed by atoms with Crippen LogP contribution in [0.25, 0.3) is 0 Å². The van der Waals surface area contributed by atoms with Crippen molar-refractivity contribution in [1.82, 2.24) is 0 Å². The highest BCUT2D eigenvalue weighted by Gasteiger charge is 2.67. The smallest absolute Gasteiger partial charge is 0.338 e. The number of aliphatic hydroxyl groups is 1. The number of carbonyl (C=O) groups is 3. The molecule has 0 bridgehead atoms. The second-order valence-electron chi connectivity index (χ2n) is 10.9. The molecule has 0 radical (unpaired) electrons. The Labute approximate surface area is 200 Å². The number of Topliss-reactive ketones (excluding diaryl/α,β-unsaturated/α-hetero) is 1. The third-order valence-corrected chi connectivity index (χ3v) is 9.30. The van der Waals surface area contributed by atoms with Crippen LogP contribution in [0.4, 0.5) is 0 Å². The van der Waals surface area contributed by atoms with Crippen LogP contribution in [0.5, 0.6) is 0 Å². The van der Waals surface area contributed by atoms with Crippen LogP contribution in [-0.2, 0) is 14.3 Å². The van der Waals surface area contributed by atoms with E-state index in [1.165, 1.54) is 5.57 Å². The third kappa shape index (κ3) is 3.13. The average Bonchev–Trinajstić information content (AvgIpc) is 3.05. The second-order valence-corrected chi connectivity index (χ2v) is 10.9. The standard InChI is InChI=1S/C29H32O5/c1-18-15-24-22-10-9-20-16-21(30)11-13-27(20,2)23(22)12-14-28(24,3)29(18,33)25(31)17-34-26(32)19-7-5-4-6-8-19/h4-8,11-13,16,18,22,24,33H,9-10,14-15,17H2,1-3H3/t18-,22+,24-,27-,28-,29-/m0/s1. The van der Waals surface area contributed by atoms with Crippen LogP contribution in [0.1, 0.15) is 56.8 Å². The van der Waals surface area contributed by atoms with Crippen LogP contribution in [-0.4, -0.2) is 34.9 Å². The van der Waals surface area contributed by atoms with Crippen LogP contribution in [0.15, 0.2) is 65.8 Å². The third-order valence-electron chi connectivity index (χ3n) is 9.30. The summed E-state index contributed by atoms with van der Waals surface area (Å²) in [5, 5.41) is 11.9. The maximum Gasteiger partial charge on any atom is 0.338 e. The van der Waals surface area contributed by atoms with Gasteiger partial charge in [0.1, 0.15) is 5.60 Å². The Morgan fingerprint density at radius 2 is 1.91 bits per heavy atom. The lowest BCUT2D eigenvalue weighted by Gasteiger charge is -2.53. The van der Waals surface area contributed by atoms with Gasteiger partial charge in [-0.25, -0.2) is 4.79 Å². The second kappa shape index (κ2) is 7.88. The Hall–Kier alpha value is -2.79.